The molecule has 0 aromatic heterocycles. The van der Waals surface area contributed by atoms with E-state index in [2.05, 4.69) is 10.6 Å². The summed E-state index contributed by atoms with van der Waals surface area (Å²) >= 11 is 10.8. The van der Waals surface area contributed by atoms with E-state index in [9.17, 15) is 13.2 Å². The fourth-order valence-electron chi connectivity index (χ4n) is 3.58. The van der Waals surface area contributed by atoms with Crippen LogP contribution in [0.15, 0.2) is 18.2 Å². The predicted molar refractivity (Wildman–Crippen MR) is 85.0 cm³/mol. The van der Waals surface area contributed by atoms with Gasteiger partial charge in [0.2, 0.25) is 0 Å². The maximum absolute atomic E-state index is 12.8. The van der Waals surface area contributed by atoms with Crippen molar-refractivity contribution >= 4 is 34.6 Å². The molecule has 2 saturated carbocycles. The maximum atomic E-state index is 12.8. The minimum absolute atomic E-state index is 0.289. The Labute approximate surface area is 137 Å². The van der Waals surface area contributed by atoms with Gasteiger partial charge in [-0.3, -0.25) is 0 Å². The van der Waals surface area contributed by atoms with Crippen molar-refractivity contribution in [1.29, 1.82) is 0 Å². The lowest BCUT2D eigenvalue weighted by Gasteiger charge is -2.24. The Kier molecular flexibility index (Phi) is 4.25. The minimum Gasteiger partial charge on any atom is -0.359 e. The average Bonchev–Trinajstić information content (AvgIpc) is 3.02. The first kappa shape index (κ1) is 15.9. The zero-order chi connectivity index (χ0) is 15.9. The summed E-state index contributed by atoms with van der Waals surface area (Å²) in [6.07, 6.45) is 0.355. The standard InChI is InChI=1S/C15H16ClF3N2S/c16-12-4-3-10(7-11(12)15(17,18)19)20-14(22)21-13-6-8-1-2-9(13)5-8/h3-4,7-9,13H,1-2,5-6H2,(H2,20,21,22). The van der Waals surface area contributed by atoms with Crippen molar-refractivity contribution in [2.75, 3.05) is 5.32 Å². The van der Waals surface area contributed by atoms with Crippen LogP contribution in [0.1, 0.15) is 31.2 Å². The Hall–Kier alpha value is -1.01. The third-order valence-electron chi connectivity index (χ3n) is 4.58. The SMILES string of the molecule is FC(F)(F)c1cc(NC(=S)NC2CC3CCC2C3)ccc1Cl. The van der Waals surface area contributed by atoms with E-state index in [1.165, 1.54) is 31.4 Å². The fourth-order valence-corrected chi connectivity index (χ4v) is 4.07. The zero-order valence-electron chi connectivity index (χ0n) is 11.7. The van der Waals surface area contributed by atoms with Gasteiger partial charge in [0, 0.05) is 11.7 Å². The van der Waals surface area contributed by atoms with E-state index >= 15 is 0 Å². The first-order chi connectivity index (χ1) is 10.3. The molecule has 2 bridgehead atoms. The second-order valence-electron chi connectivity index (χ2n) is 6.07. The molecule has 2 N–H and O–H groups in total. The molecule has 0 spiro atoms. The number of hydrogen-bond donors (Lipinski definition) is 2. The molecule has 2 nitrogen and oxygen atoms in total. The molecule has 1 aromatic rings. The first-order valence-corrected chi connectivity index (χ1v) is 8.06. The second kappa shape index (κ2) is 5.89. The molecule has 3 unspecified atom stereocenters. The van der Waals surface area contributed by atoms with Crippen LogP contribution in [0.4, 0.5) is 18.9 Å². The quantitative estimate of drug-likeness (QED) is 0.748. The van der Waals surface area contributed by atoms with Crippen LogP contribution in [0.3, 0.4) is 0 Å². The van der Waals surface area contributed by atoms with Gasteiger partial charge in [-0.25, -0.2) is 0 Å². The highest BCUT2D eigenvalue weighted by Gasteiger charge is 2.39. The van der Waals surface area contributed by atoms with Gasteiger partial charge in [-0.05, 0) is 61.5 Å². The summed E-state index contributed by atoms with van der Waals surface area (Å²) in [4.78, 5) is 0. The zero-order valence-corrected chi connectivity index (χ0v) is 13.3. The van der Waals surface area contributed by atoms with Crippen molar-refractivity contribution in [3.63, 3.8) is 0 Å². The molecule has 120 valence electrons. The van der Waals surface area contributed by atoms with E-state index in [1.807, 2.05) is 0 Å². The van der Waals surface area contributed by atoms with E-state index < -0.39 is 11.7 Å². The summed E-state index contributed by atoms with van der Waals surface area (Å²) < 4.78 is 38.5. The summed E-state index contributed by atoms with van der Waals surface area (Å²) in [5, 5.41) is 6.12. The van der Waals surface area contributed by atoms with Crippen LogP contribution in [0.5, 0.6) is 0 Å². The highest BCUT2D eigenvalue weighted by atomic mass is 35.5. The molecule has 1 aromatic carbocycles. The molecule has 2 aliphatic carbocycles. The van der Waals surface area contributed by atoms with Crippen molar-refractivity contribution in [2.24, 2.45) is 11.8 Å². The third kappa shape index (κ3) is 3.33. The predicted octanol–water partition coefficient (Wildman–Crippen LogP) is 4.83. The van der Waals surface area contributed by atoms with Crippen molar-refractivity contribution in [3.05, 3.63) is 28.8 Å². The van der Waals surface area contributed by atoms with Crippen LogP contribution in [0.2, 0.25) is 5.02 Å². The van der Waals surface area contributed by atoms with Gasteiger partial charge in [0.1, 0.15) is 0 Å². The van der Waals surface area contributed by atoms with Crippen LogP contribution >= 0.6 is 23.8 Å². The summed E-state index contributed by atoms with van der Waals surface area (Å²) in [6.45, 7) is 0. The van der Waals surface area contributed by atoms with Gasteiger partial charge in [0.25, 0.3) is 0 Å². The molecule has 2 aliphatic rings. The van der Waals surface area contributed by atoms with Gasteiger partial charge in [-0.2, -0.15) is 13.2 Å². The Morgan fingerprint density at radius 2 is 2.00 bits per heavy atom. The molecule has 2 fully saturated rings. The molecule has 3 rings (SSSR count). The van der Waals surface area contributed by atoms with Gasteiger partial charge in [0.15, 0.2) is 5.11 Å². The van der Waals surface area contributed by atoms with Crippen molar-refractivity contribution < 1.29 is 13.2 Å². The molecule has 3 atom stereocenters. The van der Waals surface area contributed by atoms with Gasteiger partial charge in [-0.15, -0.1) is 0 Å². The number of halogens is 4. The smallest absolute Gasteiger partial charge is 0.359 e. The largest absolute Gasteiger partial charge is 0.417 e. The van der Waals surface area contributed by atoms with Gasteiger partial charge in [0.05, 0.1) is 10.6 Å². The molecule has 0 saturated heterocycles. The summed E-state index contributed by atoms with van der Waals surface area (Å²) in [6, 6.07) is 4.05. The topological polar surface area (TPSA) is 24.1 Å². The van der Waals surface area contributed by atoms with Gasteiger partial charge >= 0.3 is 6.18 Å². The molecular formula is C15H16ClF3N2S. The van der Waals surface area contributed by atoms with E-state index in [0.29, 0.717) is 17.1 Å². The number of alkyl halides is 3. The van der Waals surface area contributed by atoms with Crippen LogP contribution in [0, 0.1) is 11.8 Å². The minimum atomic E-state index is -4.48. The fraction of sp³-hybridized carbons (Fsp3) is 0.533. The van der Waals surface area contributed by atoms with Crippen molar-refractivity contribution in [3.8, 4) is 0 Å². The highest BCUT2D eigenvalue weighted by molar-refractivity contribution is 7.80. The highest BCUT2D eigenvalue weighted by Crippen LogP contribution is 2.44. The second-order valence-corrected chi connectivity index (χ2v) is 6.89. The molecule has 0 aliphatic heterocycles. The van der Waals surface area contributed by atoms with Crippen LogP contribution in [-0.2, 0) is 6.18 Å². The summed E-state index contributed by atoms with van der Waals surface area (Å²) in [5.41, 5.74) is -0.570. The third-order valence-corrected chi connectivity index (χ3v) is 5.13. The molecule has 0 amide bonds. The first-order valence-electron chi connectivity index (χ1n) is 7.27. The number of rotatable bonds is 2. The number of thiocarbonyl (C=S) groups is 1. The molecule has 22 heavy (non-hydrogen) atoms. The number of anilines is 1. The summed E-state index contributed by atoms with van der Waals surface area (Å²) in [7, 11) is 0. The van der Waals surface area contributed by atoms with Crippen molar-refractivity contribution in [2.45, 2.75) is 37.9 Å². The van der Waals surface area contributed by atoms with Gasteiger partial charge < -0.3 is 10.6 Å². The van der Waals surface area contributed by atoms with Crippen LogP contribution in [-0.4, -0.2) is 11.2 Å². The molecule has 0 heterocycles. The lowest BCUT2D eigenvalue weighted by atomic mass is 9.96. The van der Waals surface area contributed by atoms with E-state index in [-0.39, 0.29) is 10.7 Å². The van der Waals surface area contributed by atoms with E-state index in [1.54, 1.807) is 0 Å². The number of nitrogens with one attached hydrogen (secondary N) is 2. The average molecular weight is 349 g/mol. The Balaban J connectivity index is 1.64. The van der Waals surface area contributed by atoms with Crippen LogP contribution in [0.25, 0.3) is 0 Å². The lowest BCUT2D eigenvalue weighted by Crippen LogP contribution is -2.40. The molecular weight excluding hydrogens is 333 g/mol. The van der Waals surface area contributed by atoms with Crippen LogP contribution < -0.4 is 10.6 Å². The monoisotopic (exact) mass is 348 g/mol. The Morgan fingerprint density at radius 1 is 1.23 bits per heavy atom. The molecule has 7 heteroatoms. The summed E-state index contributed by atoms with van der Waals surface area (Å²) in [5.74, 6) is 1.42. The lowest BCUT2D eigenvalue weighted by molar-refractivity contribution is -0.137. The number of fused-ring (bicyclic) bond motifs is 2. The normalized spacial score (nSPS) is 27.0. The number of benzene rings is 1. The molecule has 0 radical (unpaired) electrons. The van der Waals surface area contributed by atoms with Gasteiger partial charge in [-0.1, -0.05) is 18.0 Å². The Bertz CT molecular complexity index is 591. The number of hydrogen-bond acceptors (Lipinski definition) is 1. The maximum Gasteiger partial charge on any atom is 0.417 e. The van der Waals surface area contributed by atoms with E-state index in [4.69, 9.17) is 23.8 Å². The van der Waals surface area contributed by atoms with E-state index in [0.717, 1.165) is 18.4 Å². The Morgan fingerprint density at radius 3 is 2.59 bits per heavy atom. The van der Waals surface area contributed by atoms with Crippen molar-refractivity contribution in [1.82, 2.24) is 5.32 Å².